The van der Waals surface area contributed by atoms with Gasteiger partial charge in [0, 0.05) is 58.8 Å². The highest BCUT2D eigenvalue weighted by Crippen LogP contribution is 2.45. The number of benzene rings is 8. The van der Waals surface area contributed by atoms with Crippen LogP contribution in [0.2, 0.25) is 0 Å². The average molecular weight is 739 g/mol. The van der Waals surface area contributed by atoms with Gasteiger partial charge in [-0.15, -0.1) is 11.3 Å². The van der Waals surface area contributed by atoms with Gasteiger partial charge in [-0.25, -0.2) is 15.0 Å². The number of hydrogen-bond donors (Lipinski definition) is 0. The van der Waals surface area contributed by atoms with Gasteiger partial charge in [-0.1, -0.05) is 158 Å². The highest BCUT2D eigenvalue weighted by atomic mass is 32.1. The Hall–Kier alpha value is -7.21. The zero-order valence-electron chi connectivity index (χ0n) is 35.7. The molecule has 11 rings (SSSR count). The molecular formula is C51H32N4S. The van der Waals surface area contributed by atoms with E-state index in [9.17, 15) is 4.11 Å². The number of rotatable bonds is 6. The zero-order valence-corrected chi connectivity index (χ0v) is 30.5. The van der Waals surface area contributed by atoms with Crippen molar-refractivity contribution >= 4 is 53.3 Å². The summed E-state index contributed by atoms with van der Waals surface area (Å²) in [6.07, 6.45) is 0. The van der Waals surface area contributed by atoms with Crippen molar-refractivity contribution in [2.24, 2.45) is 0 Å². The SMILES string of the molecule is [2H]c1cc([2H])c2sc3c(-c4cc(-c5nc(-c6ccccc6)nc(-c6ccccc6)n5)ccc4-n4c5ccccc5c5c(-c6ccccc6)cccc54)c([2H])c([2H])c([2H])c3c2c1[2H]. The van der Waals surface area contributed by atoms with Crippen molar-refractivity contribution in [1.29, 1.82) is 0 Å². The van der Waals surface area contributed by atoms with Crippen LogP contribution in [-0.4, -0.2) is 19.5 Å². The molecule has 0 saturated heterocycles. The molecule has 56 heavy (non-hydrogen) atoms. The van der Waals surface area contributed by atoms with Crippen LogP contribution in [0.5, 0.6) is 0 Å². The van der Waals surface area contributed by atoms with Gasteiger partial charge < -0.3 is 4.57 Å². The fourth-order valence-electron chi connectivity index (χ4n) is 7.71. The van der Waals surface area contributed by atoms with Crippen LogP contribution >= 0.6 is 11.3 Å². The fraction of sp³-hybridized carbons (Fsp3) is 0. The zero-order chi connectivity index (χ0) is 42.2. The maximum Gasteiger partial charge on any atom is 0.164 e. The molecular weight excluding hydrogens is 701 g/mol. The van der Waals surface area contributed by atoms with Crippen LogP contribution in [0.1, 0.15) is 8.22 Å². The predicted molar refractivity (Wildman–Crippen MR) is 234 cm³/mol. The van der Waals surface area contributed by atoms with Crippen molar-refractivity contribution in [2.45, 2.75) is 0 Å². The van der Waals surface area contributed by atoms with Gasteiger partial charge in [0.1, 0.15) is 0 Å². The fourth-order valence-corrected chi connectivity index (χ4v) is 8.80. The third kappa shape index (κ3) is 5.32. The van der Waals surface area contributed by atoms with Crippen molar-refractivity contribution in [2.75, 3.05) is 0 Å². The topological polar surface area (TPSA) is 43.6 Å². The molecule has 5 heteroatoms. The van der Waals surface area contributed by atoms with Crippen LogP contribution in [0.25, 0.3) is 104 Å². The minimum atomic E-state index is -0.309. The van der Waals surface area contributed by atoms with Gasteiger partial charge in [-0.05, 0) is 47.5 Å². The average Bonchev–Trinajstić information content (AvgIpc) is 3.88. The third-order valence-electron chi connectivity index (χ3n) is 10.2. The Morgan fingerprint density at radius 1 is 0.429 bits per heavy atom. The van der Waals surface area contributed by atoms with Crippen molar-refractivity contribution in [3.05, 3.63) is 194 Å². The first-order valence-corrected chi connectivity index (χ1v) is 19.1. The molecule has 0 unspecified atom stereocenters. The number of nitrogens with zero attached hydrogens (tertiary/aromatic N) is 4. The number of para-hydroxylation sites is 1. The van der Waals surface area contributed by atoms with Gasteiger partial charge in [0.15, 0.2) is 17.5 Å². The van der Waals surface area contributed by atoms with Gasteiger partial charge in [0.25, 0.3) is 0 Å². The minimum Gasteiger partial charge on any atom is -0.309 e. The lowest BCUT2D eigenvalue weighted by molar-refractivity contribution is 1.07. The molecule has 0 N–H and O–H groups in total. The van der Waals surface area contributed by atoms with Crippen molar-refractivity contribution in [3.63, 3.8) is 0 Å². The lowest BCUT2D eigenvalue weighted by atomic mass is 9.98. The maximum absolute atomic E-state index is 9.66. The van der Waals surface area contributed by atoms with E-state index in [1.165, 1.54) is 17.4 Å². The number of thiophene rings is 1. The summed E-state index contributed by atoms with van der Waals surface area (Å²) in [5.74, 6) is 1.39. The summed E-state index contributed by atoms with van der Waals surface area (Å²) in [5, 5.41) is 2.66. The molecule has 11 aromatic rings. The molecule has 0 radical (unpaired) electrons. The largest absolute Gasteiger partial charge is 0.309 e. The first kappa shape index (κ1) is 26.5. The molecule has 3 heterocycles. The van der Waals surface area contributed by atoms with E-state index in [1.807, 2.05) is 109 Å². The maximum atomic E-state index is 9.66. The van der Waals surface area contributed by atoms with Gasteiger partial charge in [-0.3, -0.25) is 0 Å². The van der Waals surface area contributed by atoms with E-state index >= 15 is 0 Å². The monoisotopic (exact) mass is 738 g/mol. The highest BCUT2D eigenvalue weighted by Gasteiger charge is 2.22. The third-order valence-corrected chi connectivity index (χ3v) is 11.4. The van der Waals surface area contributed by atoms with Crippen LogP contribution in [0, 0.1) is 0 Å². The summed E-state index contributed by atoms with van der Waals surface area (Å²) in [4.78, 5) is 15.0. The highest BCUT2D eigenvalue weighted by molar-refractivity contribution is 7.26. The van der Waals surface area contributed by atoms with Crippen LogP contribution < -0.4 is 0 Å². The second kappa shape index (κ2) is 13.3. The molecule has 0 aliphatic rings. The second-order valence-electron chi connectivity index (χ2n) is 13.5. The molecule has 0 saturated carbocycles. The number of fused-ring (bicyclic) bond motifs is 6. The molecule has 0 fully saturated rings. The van der Waals surface area contributed by atoms with Crippen LogP contribution in [0.15, 0.2) is 194 Å². The normalized spacial score (nSPS) is 13.1. The Kier molecular flexibility index (Phi) is 6.29. The van der Waals surface area contributed by atoms with E-state index in [4.69, 9.17) is 19.1 Å². The Labute approximate surface area is 336 Å². The minimum absolute atomic E-state index is 0.0579. The standard InChI is InChI=1S/C51H32N4S/c1-4-16-33(17-5-1)37-24-15-28-45-47(37)41-23-10-12-27-43(41)55(45)44-31-30-36(32-42(44)40-26-14-25-39-38-22-11-13-29-46(38)56-48(39)40)51-53-49(34-18-6-2-7-19-34)52-50(54-51)35-20-8-3-9-21-35/h1-32H/i11D,14D,22D,25D,26D,29D. The molecule has 8 aromatic carbocycles. The van der Waals surface area contributed by atoms with Crippen molar-refractivity contribution in [3.8, 4) is 62.1 Å². The van der Waals surface area contributed by atoms with E-state index in [0.29, 0.717) is 49.3 Å². The molecule has 0 atom stereocenters. The van der Waals surface area contributed by atoms with Gasteiger partial charge >= 0.3 is 0 Å². The van der Waals surface area contributed by atoms with E-state index in [2.05, 4.69) is 47.0 Å². The van der Waals surface area contributed by atoms with Gasteiger partial charge in [-0.2, -0.15) is 0 Å². The lowest BCUT2D eigenvalue weighted by Crippen LogP contribution is -2.02. The quantitative estimate of drug-likeness (QED) is 0.171. The summed E-state index contributed by atoms with van der Waals surface area (Å²) >= 11 is 1.22. The summed E-state index contributed by atoms with van der Waals surface area (Å²) in [6.45, 7) is 0. The molecule has 262 valence electrons. The summed E-state index contributed by atoms with van der Waals surface area (Å²) < 4.78 is 57.5. The van der Waals surface area contributed by atoms with E-state index in [0.717, 1.165) is 44.1 Å². The molecule has 0 aliphatic heterocycles. The molecule has 0 amide bonds. The predicted octanol–water partition coefficient (Wildman–Crippen LogP) is 13.7. The lowest BCUT2D eigenvalue weighted by Gasteiger charge is -2.17. The van der Waals surface area contributed by atoms with Gasteiger partial charge in [0.2, 0.25) is 0 Å². The van der Waals surface area contributed by atoms with Crippen molar-refractivity contribution < 1.29 is 8.22 Å². The molecule has 0 aliphatic carbocycles. The number of aromatic nitrogens is 4. The molecule has 3 aromatic heterocycles. The summed E-state index contributed by atoms with van der Waals surface area (Å²) in [6, 6.07) is 50.7. The van der Waals surface area contributed by atoms with Crippen molar-refractivity contribution in [1.82, 2.24) is 19.5 Å². The van der Waals surface area contributed by atoms with E-state index in [1.54, 1.807) is 0 Å². The van der Waals surface area contributed by atoms with E-state index < -0.39 is 0 Å². The Balaban J connectivity index is 1.27. The first-order valence-electron chi connectivity index (χ1n) is 21.3. The van der Waals surface area contributed by atoms with Crippen LogP contribution in [-0.2, 0) is 0 Å². The first-order chi connectivity index (χ1) is 30.3. The molecule has 0 bridgehead atoms. The number of hydrogen-bond acceptors (Lipinski definition) is 4. The Morgan fingerprint density at radius 3 is 1.79 bits per heavy atom. The summed E-state index contributed by atoms with van der Waals surface area (Å²) in [5.41, 5.74) is 7.97. The van der Waals surface area contributed by atoms with Gasteiger partial charge in [0.05, 0.1) is 24.9 Å². The molecule has 0 spiro atoms. The Morgan fingerprint density at radius 2 is 1.05 bits per heavy atom. The summed E-state index contributed by atoms with van der Waals surface area (Å²) in [7, 11) is 0. The van der Waals surface area contributed by atoms with Crippen LogP contribution in [0.3, 0.4) is 0 Å². The smallest absolute Gasteiger partial charge is 0.164 e. The van der Waals surface area contributed by atoms with Crippen LogP contribution in [0.4, 0.5) is 0 Å². The van der Waals surface area contributed by atoms with E-state index in [-0.39, 0.29) is 47.0 Å². The Bertz CT molecular complexity index is 3530. The molecule has 4 nitrogen and oxygen atoms in total. The second-order valence-corrected chi connectivity index (χ2v) is 14.5.